The second kappa shape index (κ2) is 6.99. The van der Waals surface area contributed by atoms with Gasteiger partial charge in [-0.25, -0.2) is 4.99 Å². The van der Waals surface area contributed by atoms with Crippen molar-refractivity contribution in [1.29, 1.82) is 0 Å². The molecular formula is C15H17F3N6O. The number of fused-ring (bicyclic) bond motifs is 1. The average molecular weight is 354 g/mol. The van der Waals surface area contributed by atoms with Crippen molar-refractivity contribution in [1.82, 2.24) is 14.8 Å². The summed E-state index contributed by atoms with van der Waals surface area (Å²) in [6, 6.07) is 5.37. The number of guanidine groups is 1. The molecule has 134 valence electrons. The van der Waals surface area contributed by atoms with E-state index < -0.39 is 6.36 Å². The van der Waals surface area contributed by atoms with Gasteiger partial charge in [0, 0.05) is 24.7 Å². The molecule has 0 atom stereocenters. The van der Waals surface area contributed by atoms with E-state index in [1.165, 1.54) is 18.2 Å². The number of nitrogens with zero attached hydrogens (tertiary/aromatic N) is 4. The highest BCUT2D eigenvalue weighted by Gasteiger charge is 2.31. The van der Waals surface area contributed by atoms with Gasteiger partial charge in [0.1, 0.15) is 18.1 Å². The summed E-state index contributed by atoms with van der Waals surface area (Å²) in [6.07, 6.45) is -1.68. The molecule has 1 aromatic carbocycles. The molecule has 2 heterocycles. The van der Waals surface area contributed by atoms with Gasteiger partial charge in [-0.1, -0.05) is 6.07 Å². The quantitative estimate of drug-likeness (QED) is 0.650. The maximum absolute atomic E-state index is 12.2. The molecule has 0 aliphatic carbocycles. The monoisotopic (exact) mass is 354 g/mol. The normalized spacial score (nSPS) is 14.9. The highest BCUT2D eigenvalue weighted by molar-refractivity contribution is 5.92. The maximum Gasteiger partial charge on any atom is 0.573 e. The van der Waals surface area contributed by atoms with Gasteiger partial charge in [0.25, 0.3) is 0 Å². The predicted molar refractivity (Wildman–Crippen MR) is 85.0 cm³/mol. The highest BCUT2D eigenvalue weighted by Crippen LogP contribution is 2.25. The van der Waals surface area contributed by atoms with E-state index in [-0.39, 0.29) is 18.3 Å². The van der Waals surface area contributed by atoms with Crippen LogP contribution < -0.4 is 15.8 Å². The molecular weight excluding hydrogens is 337 g/mol. The fourth-order valence-corrected chi connectivity index (χ4v) is 2.60. The fourth-order valence-electron chi connectivity index (χ4n) is 2.60. The lowest BCUT2D eigenvalue weighted by molar-refractivity contribution is -0.274. The molecule has 0 amide bonds. The van der Waals surface area contributed by atoms with Crippen molar-refractivity contribution in [2.45, 2.75) is 38.7 Å². The summed E-state index contributed by atoms with van der Waals surface area (Å²) in [5, 5.41) is 11.0. The average Bonchev–Trinajstić information content (AvgIpc) is 2.95. The summed E-state index contributed by atoms with van der Waals surface area (Å²) >= 11 is 0. The molecule has 1 aliphatic heterocycles. The number of hydrogen-bond acceptors (Lipinski definition) is 4. The van der Waals surface area contributed by atoms with Crippen LogP contribution in [0.2, 0.25) is 0 Å². The van der Waals surface area contributed by atoms with Gasteiger partial charge in [0.15, 0.2) is 11.8 Å². The Kier molecular flexibility index (Phi) is 4.77. The van der Waals surface area contributed by atoms with Gasteiger partial charge < -0.3 is 20.4 Å². The predicted octanol–water partition coefficient (Wildman–Crippen LogP) is 2.44. The highest BCUT2D eigenvalue weighted by atomic mass is 19.4. The summed E-state index contributed by atoms with van der Waals surface area (Å²) in [7, 11) is 0. The van der Waals surface area contributed by atoms with Crippen LogP contribution in [-0.4, -0.2) is 27.1 Å². The first-order valence-corrected chi connectivity index (χ1v) is 7.74. The molecule has 25 heavy (non-hydrogen) atoms. The Morgan fingerprint density at radius 3 is 2.96 bits per heavy atom. The van der Waals surface area contributed by atoms with Crippen molar-refractivity contribution in [2.24, 2.45) is 10.7 Å². The van der Waals surface area contributed by atoms with E-state index in [0.717, 1.165) is 31.6 Å². The van der Waals surface area contributed by atoms with Crippen molar-refractivity contribution in [2.75, 3.05) is 5.32 Å². The first-order chi connectivity index (χ1) is 11.9. The molecule has 10 heteroatoms. The van der Waals surface area contributed by atoms with Gasteiger partial charge in [-0.3, -0.25) is 0 Å². The molecule has 0 spiro atoms. The molecule has 7 nitrogen and oxygen atoms in total. The molecule has 0 radical (unpaired) electrons. The SMILES string of the molecule is NC(=NCc1nnc2n1CCCC2)Nc1cccc(OC(F)(F)F)c1. The number of nitrogens with two attached hydrogens (primary N) is 1. The smallest absolute Gasteiger partial charge is 0.406 e. The van der Waals surface area contributed by atoms with Crippen LogP contribution in [0.5, 0.6) is 5.75 Å². The molecule has 0 saturated carbocycles. The Morgan fingerprint density at radius 1 is 1.32 bits per heavy atom. The number of aliphatic imine (C=N–C) groups is 1. The largest absolute Gasteiger partial charge is 0.573 e. The molecule has 3 N–H and O–H groups in total. The number of hydrogen-bond donors (Lipinski definition) is 2. The van der Waals surface area contributed by atoms with E-state index in [1.807, 2.05) is 4.57 Å². The number of ether oxygens (including phenoxy) is 1. The van der Waals surface area contributed by atoms with Crippen LogP contribution in [0.4, 0.5) is 18.9 Å². The van der Waals surface area contributed by atoms with Crippen LogP contribution in [0, 0.1) is 0 Å². The van der Waals surface area contributed by atoms with Crippen molar-refractivity contribution < 1.29 is 17.9 Å². The van der Waals surface area contributed by atoms with Crippen LogP contribution in [0.1, 0.15) is 24.5 Å². The van der Waals surface area contributed by atoms with Crippen LogP contribution in [0.25, 0.3) is 0 Å². The Balaban J connectivity index is 1.64. The number of benzene rings is 1. The summed E-state index contributed by atoms with van der Waals surface area (Å²) in [4.78, 5) is 4.17. The van der Waals surface area contributed by atoms with Crippen molar-refractivity contribution >= 4 is 11.6 Å². The number of nitrogens with one attached hydrogen (secondary N) is 1. The van der Waals surface area contributed by atoms with Crippen LogP contribution >= 0.6 is 0 Å². The molecule has 0 fully saturated rings. The lowest BCUT2D eigenvalue weighted by atomic mass is 10.2. The maximum atomic E-state index is 12.2. The van der Waals surface area contributed by atoms with E-state index in [0.29, 0.717) is 11.5 Å². The van der Waals surface area contributed by atoms with E-state index >= 15 is 0 Å². The van der Waals surface area contributed by atoms with Crippen LogP contribution in [-0.2, 0) is 19.5 Å². The minimum atomic E-state index is -4.75. The Morgan fingerprint density at radius 2 is 2.16 bits per heavy atom. The first-order valence-electron chi connectivity index (χ1n) is 7.74. The third-order valence-electron chi connectivity index (χ3n) is 3.67. The molecule has 0 saturated heterocycles. The van der Waals surface area contributed by atoms with Crippen molar-refractivity contribution in [3.63, 3.8) is 0 Å². The van der Waals surface area contributed by atoms with E-state index in [2.05, 4.69) is 25.2 Å². The van der Waals surface area contributed by atoms with Crippen LogP contribution in [0.3, 0.4) is 0 Å². The minimum absolute atomic E-state index is 0.0670. The summed E-state index contributed by atoms with van der Waals surface area (Å²) < 4.78 is 42.6. The summed E-state index contributed by atoms with van der Waals surface area (Å²) in [5.74, 6) is 1.39. The van der Waals surface area contributed by atoms with Gasteiger partial charge in [0.05, 0.1) is 0 Å². The zero-order valence-electron chi connectivity index (χ0n) is 13.3. The van der Waals surface area contributed by atoms with Gasteiger partial charge in [-0.05, 0) is 25.0 Å². The molecule has 0 bridgehead atoms. The molecule has 1 aromatic heterocycles. The van der Waals surface area contributed by atoms with Gasteiger partial charge >= 0.3 is 6.36 Å². The lowest BCUT2D eigenvalue weighted by Gasteiger charge is -2.14. The minimum Gasteiger partial charge on any atom is -0.406 e. The Bertz CT molecular complexity index is 771. The van der Waals surface area contributed by atoms with E-state index in [9.17, 15) is 13.2 Å². The van der Waals surface area contributed by atoms with E-state index in [4.69, 9.17) is 5.73 Å². The van der Waals surface area contributed by atoms with Crippen LogP contribution in [0.15, 0.2) is 29.3 Å². The first kappa shape index (κ1) is 17.1. The Labute approximate surface area is 141 Å². The number of halogens is 3. The zero-order chi connectivity index (χ0) is 17.9. The van der Waals surface area contributed by atoms with Gasteiger partial charge in [-0.2, -0.15) is 0 Å². The second-order valence-electron chi connectivity index (χ2n) is 5.54. The van der Waals surface area contributed by atoms with E-state index in [1.54, 1.807) is 6.07 Å². The summed E-state index contributed by atoms with van der Waals surface area (Å²) in [5.41, 5.74) is 6.13. The fraction of sp³-hybridized carbons (Fsp3) is 0.400. The standard InChI is InChI=1S/C15H17F3N6O/c16-15(17,18)25-11-5-3-4-10(8-11)21-14(19)20-9-13-23-22-12-6-1-2-7-24(12)13/h3-5,8H,1-2,6-7,9H2,(H3,19,20,21). The van der Waals surface area contributed by atoms with Crippen molar-refractivity contribution in [3.8, 4) is 5.75 Å². The molecule has 0 unspecified atom stereocenters. The topological polar surface area (TPSA) is 90.4 Å². The number of alkyl halides is 3. The number of anilines is 1. The second-order valence-corrected chi connectivity index (χ2v) is 5.54. The number of aromatic nitrogens is 3. The third-order valence-corrected chi connectivity index (χ3v) is 3.67. The third kappa shape index (κ3) is 4.61. The number of aryl methyl sites for hydroxylation is 1. The Hall–Kier alpha value is -2.78. The van der Waals surface area contributed by atoms with Gasteiger partial charge in [0.2, 0.25) is 0 Å². The molecule has 1 aliphatic rings. The molecule has 2 aromatic rings. The summed E-state index contributed by atoms with van der Waals surface area (Å²) in [6.45, 7) is 1.10. The zero-order valence-corrected chi connectivity index (χ0v) is 13.3. The molecule has 3 rings (SSSR count). The van der Waals surface area contributed by atoms with Gasteiger partial charge in [-0.15, -0.1) is 23.4 Å². The number of rotatable bonds is 4. The van der Waals surface area contributed by atoms with Crippen molar-refractivity contribution in [3.05, 3.63) is 35.9 Å². The lowest BCUT2D eigenvalue weighted by Crippen LogP contribution is -2.23.